The molecule has 0 bridgehead atoms. The number of hydrogen-bond acceptors (Lipinski definition) is 6. The molecule has 3 rings (SSSR count). The van der Waals surface area contributed by atoms with Crippen LogP contribution in [0.25, 0.3) is 0 Å². The molecular weight excluding hydrogens is 268 g/mol. The lowest BCUT2D eigenvalue weighted by atomic mass is 9.85. The maximum absolute atomic E-state index is 11.5. The van der Waals surface area contributed by atoms with Crippen LogP contribution in [0.3, 0.4) is 0 Å². The summed E-state index contributed by atoms with van der Waals surface area (Å²) in [4.78, 5) is 22.7. The van der Waals surface area contributed by atoms with E-state index in [4.69, 9.17) is 5.84 Å². The number of piperidine rings is 2. The monoisotopic (exact) mass is 290 g/mol. The van der Waals surface area contributed by atoms with Crippen LogP contribution in [0.4, 0.5) is 11.6 Å². The van der Waals surface area contributed by atoms with Gasteiger partial charge in [-0.25, -0.2) is 15.8 Å². The molecule has 2 unspecified atom stereocenters. The normalized spacial score (nSPS) is 25.3. The number of nitrogens with one attached hydrogen (secondary N) is 2. The molecule has 114 valence electrons. The molecule has 2 atom stereocenters. The van der Waals surface area contributed by atoms with Crippen LogP contribution in [-0.4, -0.2) is 35.0 Å². The Bertz CT molecular complexity index is 561. The lowest BCUT2D eigenvalue weighted by Gasteiger charge is -2.42. The van der Waals surface area contributed by atoms with Gasteiger partial charge in [-0.3, -0.25) is 4.79 Å². The standard InChI is InChI=1S/C14H22N6O/c1-8-13(19-15)16-9(2)17-14(8)20-6-5-11-10(7-20)3-4-12(21)18-11/h10-11H,3-7,15H2,1-2H3,(H,18,21)(H,16,17,19). The van der Waals surface area contributed by atoms with E-state index in [1.165, 1.54) is 0 Å². The van der Waals surface area contributed by atoms with E-state index in [2.05, 4.69) is 25.6 Å². The van der Waals surface area contributed by atoms with E-state index >= 15 is 0 Å². The minimum absolute atomic E-state index is 0.188. The first-order valence-corrected chi connectivity index (χ1v) is 7.44. The zero-order valence-electron chi connectivity index (χ0n) is 12.5. The second kappa shape index (κ2) is 5.48. The van der Waals surface area contributed by atoms with E-state index in [-0.39, 0.29) is 5.91 Å². The Balaban J connectivity index is 1.82. The first-order chi connectivity index (χ1) is 10.1. The smallest absolute Gasteiger partial charge is 0.220 e. The average molecular weight is 290 g/mol. The lowest BCUT2D eigenvalue weighted by Crippen LogP contribution is -2.54. The third-order valence-corrected chi connectivity index (χ3v) is 4.49. The molecule has 0 saturated carbocycles. The van der Waals surface area contributed by atoms with Gasteiger partial charge >= 0.3 is 0 Å². The maximum Gasteiger partial charge on any atom is 0.220 e. The van der Waals surface area contributed by atoms with Gasteiger partial charge in [0.05, 0.1) is 0 Å². The largest absolute Gasteiger partial charge is 0.356 e. The summed E-state index contributed by atoms with van der Waals surface area (Å²) in [5.74, 6) is 8.56. The Labute approximate surface area is 124 Å². The molecule has 4 N–H and O–H groups in total. The number of aromatic nitrogens is 2. The number of nitrogen functional groups attached to an aromatic ring is 1. The summed E-state index contributed by atoms with van der Waals surface area (Å²) >= 11 is 0. The van der Waals surface area contributed by atoms with Gasteiger partial charge in [-0.05, 0) is 32.6 Å². The third-order valence-electron chi connectivity index (χ3n) is 4.49. The fourth-order valence-electron chi connectivity index (χ4n) is 3.36. The summed E-state index contributed by atoms with van der Waals surface area (Å²) < 4.78 is 0. The van der Waals surface area contributed by atoms with Crippen LogP contribution in [0.5, 0.6) is 0 Å². The molecule has 2 aliphatic heterocycles. The quantitative estimate of drug-likeness (QED) is 0.542. The first kappa shape index (κ1) is 14.1. The summed E-state index contributed by atoms with van der Waals surface area (Å²) in [5, 5.41) is 3.11. The molecule has 0 aliphatic carbocycles. The maximum atomic E-state index is 11.5. The van der Waals surface area contributed by atoms with Crippen LogP contribution in [0, 0.1) is 19.8 Å². The van der Waals surface area contributed by atoms with E-state index in [0.717, 1.165) is 37.3 Å². The SMILES string of the molecule is Cc1nc(NN)c(C)c(N2CCC3NC(=O)CCC3C2)n1. The van der Waals surface area contributed by atoms with Crippen molar-refractivity contribution in [3.8, 4) is 0 Å². The van der Waals surface area contributed by atoms with Gasteiger partial charge in [-0.2, -0.15) is 0 Å². The minimum Gasteiger partial charge on any atom is -0.356 e. The molecule has 2 saturated heterocycles. The van der Waals surface area contributed by atoms with Crippen molar-refractivity contribution < 1.29 is 4.79 Å². The Morgan fingerprint density at radius 1 is 1.33 bits per heavy atom. The highest BCUT2D eigenvalue weighted by Gasteiger charge is 2.34. The van der Waals surface area contributed by atoms with Gasteiger partial charge in [0, 0.05) is 31.1 Å². The Morgan fingerprint density at radius 3 is 2.90 bits per heavy atom. The molecule has 7 nitrogen and oxygen atoms in total. The molecule has 0 aromatic carbocycles. The van der Waals surface area contributed by atoms with Crippen molar-refractivity contribution in [1.29, 1.82) is 0 Å². The van der Waals surface area contributed by atoms with Gasteiger partial charge < -0.3 is 15.6 Å². The van der Waals surface area contributed by atoms with E-state index in [1.54, 1.807) is 0 Å². The molecule has 0 radical (unpaired) electrons. The van der Waals surface area contributed by atoms with Crippen LogP contribution >= 0.6 is 0 Å². The number of hydrogen-bond donors (Lipinski definition) is 3. The van der Waals surface area contributed by atoms with E-state index in [0.29, 0.717) is 30.0 Å². The van der Waals surface area contributed by atoms with Crippen LogP contribution in [0.15, 0.2) is 0 Å². The highest BCUT2D eigenvalue weighted by Crippen LogP contribution is 2.30. The predicted molar refractivity (Wildman–Crippen MR) is 80.8 cm³/mol. The lowest BCUT2D eigenvalue weighted by molar-refractivity contribution is -0.124. The number of carbonyl (C=O) groups excluding carboxylic acids is 1. The topological polar surface area (TPSA) is 96.2 Å². The molecule has 3 heterocycles. The van der Waals surface area contributed by atoms with E-state index in [1.807, 2.05) is 13.8 Å². The van der Waals surface area contributed by atoms with Crippen molar-refractivity contribution in [2.24, 2.45) is 11.8 Å². The van der Waals surface area contributed by atoms with Crippen LogP contribution < -0.4 is 21.5 Å². The highest BCUT2D eigenvalue weighted by atomic mass is 16.1. The molecular formula is C14H22N6O. The number of amides is 1. The molecule has 1 aromatic heterocycles. The molecule has 2 aliphatic rings. The van der Waals surface area contributed by atoms with Crippen molar-refractivity contribution in [2.75, 3.05) is 23.4 Å². The summed E-state index contributed by atoms with van der Waals surface area (Å²) in [6.45, 7) is 5.67. The van der Waals surface area contributed by atoms with Gasteiger partial charge in [0.1, 0.15) is 17.5 Å². The number of carbonyl (C=O) groups is 1. The summed E-state index contributed by atoms with van der Waals surface area (Å²) in [6.07, 6.45) is 2.55. The van der Waals surface area contributed by atoms with Gasteiger partial charge in [0.2, 0.25) is 5.91 Å². The van der Waals surface area contributed by atoms with E-state index in [9.17, 15) is 4.79 Å². The average Bonchev–Trinajstić information content (AvgIpc) is 2.48. The molecule has 21 heavy (non-hydrogen) atoms. The molecule has 0 spiro atoms. The Kier molecular flexibility index (Phi) is 3.67. The molecule has 7 heteroatoms. The van der Waals surface area contributed by atoms with Crippen LogP contribution in [0.1, 0.15) is 30.7 Å². The van der Waals surface area contributed by atoms with Gasteiger partial charge in [0.15, 0.2) is 0 Å². The van der Waals surface area contributed by atoms with Crippen molar-refractivity contribution in [2.45, 2.75) is 39.2 Å². The summed E-state index contributed by atoms with van der Waals surface area (Å²) in [7, 11) is 0. The summed E-state index contributed by atoms with van der Waals surface area (Å²) in [6, 6.07) is 0.317. The van der Waals surface area contributed by atoms with Gasteiger partial charge in [-0.15, -0.1) is 0 Å². The fraction of sp³-hybridized carbons (Fsp3) is 0.643. The third kappa shape index (κ3) is 2.65. The Morgan fingerprint density at radius 2 is 2.14 bits per heavy atom. The van der Waals surface area contributed by atoms with E-state index < -0.39 is 0 Å². The van der Waals surface area contributed by atoms with Crippen molar-refractivity contribution in [3.63, 3.8) is 0 Å². The number of fused-ring (bicyclic) bond motifs is 1. The molecule has 2 fully saturated rings. The molecule has 1 amide bonds. The predicted octanol–water partition coefficient (Wildman–Crippen LogP) is 0.484. The zero-order chi connectivity index (χ0) is 15.0. The number of hydrazine groups is 1. The van der Waals surface area contributed by atoms with Crippen molar-refractivity contribution in [1.82, 2.24) is 15.3 Å². The number of anilines is 2. The second-order valence-corrected chi connectivity index (χ2v) is 5.92. The minimum atomic E-state index is 0.188. The highest BCUT2D eigenvalue weighted by molar-refractivity contribution is 5.77. The first-order valence-electron chi connectivity index (χ1n) is 7.44. The number of nitrogens with two attached hydrogens (primary N) is 1. The second-order valence-electron chi connectivity index (χ2n) is 5.92. The van der Waals surface area contributed by atoms with Crippen LogP contribution in [-0.2, 0) is 4.79 Å². The number of aryl methyl sites for hydroxylation is 1. The Hall–Kier alpha value is -1.89. The zero-order valence-corrected chi connectivity index (χ0v) is 12.5. The van der Waals surface area contributed by atoms with Crippen LogP contribution in [0.2, 0.25) is 0 Å². The van der Waals surface area contributed by atoms with Crippen molar-refractivity contribution >= 4 is 17.5 Å². The fourth-order valence-corrected chi connectivity index (χ4v) is 3.36. The number of nitrogens with zero attached hydrogens (tertiary/aromatic N) is 3. The van der Waals surface area contributed by atoms with Crippen molar-refractivity contribution in [3.05, 3.63) is 11.4 Å². The van der Waals surface area contributed by atoms with Gasteiger partial charge in [0.25, 0.3) is 0 Å². The molecule has 1 aromatic rings. The van der Waals surface area contributed by atoms with Gasteiger partial charge in [-0.1, -0.05) is 0 Å². The summed E-state index contributed by atoms with van der Waals surface area (Å²) in [5.41, 5.74) is 3.62. The number of rotatable bonds is 2.